The van der Waals surface area contributed by atoms with Crippen LogP contribution >= 0.6 is 0 Å². The van der Waals surface area contributed by atoms with Gasteiger partial charge in [-0.3, -0.25) is 4.79 Å². The highest BCUT2D eigenvalue weighted by atomic mass is 16.5. The van der Waals surface area contributed by atoms with Gasteiger partial charge in [0, 0.05) is 0 Å². The van der Waals surface area contributed by atoms with Crippen molar-refractivity contribution in [3.63, 3.8) is 0 Å². The summed E-state index contributed by atoms with van der Waals surface area (Å²) in [4.78, 5) is 11.6. The molecule has 0 fully saturated rings. The first-order chi connectivity index (χ1) is 11.5. The molecule has 0 aliphatic rings. The summed E-state index contributed by atoms with van der Waals surface area (Å²) in [6.45, 7) is 8.83. The highest BCUT2D eigenvalue weighted by Gasteiger charge is 2.12. The number of esters is 1. The third kappa shape index (κ3) is 4.16. The number of carbonyl (C=O) groups is 1. The molecule has 24 heavy (non-hydrogen) atoms. The van der Waals surface area contributed by atoms with Gasteiger partial charge in [-0.15, -0.1) is 0 Å². The monoisotopic (exact) mass is 326 g/mol. The maximum Gasteiger partial charge on any atom is 0.309 e. The summed E-state index contributed by atoms with van der Waals surface area (Å²) in [5.74, 6) is 0.665. The maximum atomic E-state index is 11.6. The van der Waals surface area contributed by atoms with E-state index < -0.39 is 0 Å². The van der Waals surface area contributed by atoms with Gasteiger partial charge >= 0.3 is 5.97 Å². The number of benzene rings is 2. The Morgan fingerprint density at radius 1 is 1.00 bits per heavy atom. The van der Waals surface area contributed by atoms with Gasteiger partial charge in [0.15, 0.2) is 0 Å². The van der Waals surface area contributed by atoms with Crippen molar-refractivity contribution >= 4 is 5.97 Å². The smallest absolute Gasteiger partial charge is 0.309 e. The minimum atomic E-state index is -0.235. The first kappa shape index (κ1) is 18.1. The van der Waals surface area contributed by atoms with E-state index in [9.17, 15) is 4.79 Å². The molecule has 0 bridgehead atoms. The van der Waals surface area contributed by atoms with Gasteiger partial charge in [-0.2, -0.15) is 0 Å². The fraction of sp³-hybridized carbons (Fsp3) is 0.381. The van der Waals surface area contributed by atoms with Crippen LogP contribution in [0, 0.1) is 20.8 Å². The predicted octanol–water partition coefficient (Wildman–Crippen LogP) is 4.47. The first-order valence-electron chi connectivity index (χ1n) is 8.33. The summed E-state index contributed by atoms with van der Waals surface area (Å²) in [7, 11) is 1.41. The van der Waals surface area contributed by atoms with Crippen molar-refractivity contribution in [1.82, 2.24) is 0 Å². The van der Waals surface area contributed by atoms with Crippen molar-refractivity contribution in [3.8, 4) is 5.75 Å². The second-order valence-electron chi connectivity index (χ2n) is 6.15. The molecule has 2 aromatic rings. The Kier molecular flexibility index (Phi) is 6.02. The van der Waals surface area contributed by atoms with E-state index >= 15 is 0 Å². The molecule has 3 nitrogen and oxygen atoms in total. The van der Waals surface area contributed by atoms with E-state index in [-0.39, 0.29) is 12.4 Å². The number of methoxy groups -OCH3 is 1. The Morgan fingerprint density at radius 3 is 2.42 bits per heavy atom. The van der Waals surface area contributed by atoms with Gasteiger partial charge in [0.2, 0.25) is 0 Å². The van der Waals surface area contributed by atoms with Gasteiger partial charge in [0.25, 0.3) is 0 Å². The quantitative estimate of drug-likeness (QED) is 0.735. The van der Waals surface area contributed by atoms with Gasteiger partial charge < -0.3 is 9.47 Å². The van der Waals surface area contributed by atoms with E-state index in [2.05, 4.69) is 32.9 Å². The molecule has 0 saturated carbocycles. The molecule has 0 aliphatic carbocycles. The van der Waals surface area contributed by atoms with Crippen LogP contribution in [0.3, 0.4) is 0 Å². The number of carbonyl (C=O) groups excluding carboxylic acids is 1. The van der Waals surface area contributed by atoms with Crippen LogP contribution in [0.1, 0.15) is 40.3 Å². The van der Waals surface area contributed by atoms with Crippen molar-refractivity contribution in [3.05, 3.63) is 63.7 Å². The predicted molar refractivity (Wildman–Crippen MR) is 96.5 cm³/mol. The largest absolute Gasteiger partial charge is 0.489 e. The lowest BCUT2D eigenvalue weighted by atomic mass is 10.00. The average Bonchev–Trinajstić information content (AvgIpc) is 2.56. The van der Waals surface area contributed by atoms with Gasteiger partial charge in [-0.1, -0.05) is 31.2 Å². The molecule has 0 amide bonds. The zero-order chi connectivity index (χ0) is 17.7. The molecule has 0 saturated heterocycles. The molecular formula is C21H26O3. The van der Waals surface area contributed by atoms with Gasteiger partial charge in [0.05, 0.1) is 13.5 Å². The number of hydrogen-bond donors (Lipinski definition) is 0. The van der Waals surface area contributed by atoms with Crippen molar-refractivity contribution < 1.29 is 14.3 Å². The summed E-state index contributed by atoms with van der Waals surface area (Å²) in [5, 5.41) is 0. The molecule has 0 aromatic heterocycles. The summed E-state index contributed by atoms with van der Waals surface area (Å²) in [5.41, 5.74) is 6.87. The number of aryl methyl sites for hydroxylation is 4. The zero-order valence-electron chi connectivity index (χ0n) is 15.2. The highest BCUT2D eigenvalue weighted by molar-refractivity contribution is 5.73. The third-order valence-corrected chi connectivity index (χ3v) is 4.46. The average molecular weight is 326 g/mol. The number of rotatable bonds is 6. The van der Waals surface area contributed by atoms with E-state index in [1.807, 2.05) is 25.1 Å². The molecule has 128 valence electrons. The lowest BCUT2D eigenvalue weighted by Gasteiger charge is -2.16. The van der Waals surface area contributed by atoms with E-state index in [4.69, 9.17) is 9.47 Å². The number of hydrogen-bond acceptors (Lipinski definition) is 3. The van der Waals surface area contributed by atoms with E-state index in [1.165, 1.54) is 18.2 Å². The fourth-order valence-electron chi connectivity index (χ4n) is 2.90. The Balaban J connectivity index is 2.23. The Labute approximate surface area is 144 Å². The molecule has 3 heteroatoms. The normalized spacial score (nSPS) is 10.5. The molecule has 0 heterocycles. The molecule has 0 radical (unpaired) electrons. The summed E-state index contributed by atoms with van der Waals surface area (Å²) in [6.07, 6.45) is 1.29. The third-order valence-electron chi connectivity index (χ3n) is 4.46. The SMILES string of the molecule is CCc1cc(C)c(OCc2c(C)cccc2CC(=O)OC)cc1C. The molecule has 2 rings (SSSR count). The first-order valence-corrected chi connectivity index (χ1v) is 8.33. The topological polar surface area (TPSA) is 35.5 Å². The molecule has 0 atom stereocenters. The van der Waals surface area contributed by atoms with E-state index in [0.717, 1.165) is 34.4 Å². The van der Waals surface area contributed by atoms with Crippen LogP contribution in [-0.2, 0) is 29.0 Å². The molecule has 0 unspecified atom stereocenters. The standard InChI is InChI=1S/C21H26O3/c1-6-17-10-16(4)20(11-15(17)3)24-13-19-14(2)8-7-9-18(19)12-21(22)23-5/h7-11H,6,12-13H2,1-5H3. The molecular weight excluding hydrogens is 300 g/mol. The minimum absolute atomic E-state index is 0.235. The van der Waals surface area contributed by atoms with Gasteiger partial charge in [-0.25, -0.2) is 0 Å². The Bertz CT molecular complexity index is 732. The zero-order valence-corrected chi connectivity index (χ0v) is 15.2. The van der Waals surface area contributed by atoms with Crippen molar-refractivity contribution in [2.24, 2.45) is 0 Å². The number of ether oxygens (including phenoxy) is 2. The second kappa shape index (κ2) is 8.00. The van der Waals surface area contributed by atoms with Crippen LogP contribution in [0.4, 0.5) is 0 Å². The molecule has 0 aliphatic heterocycles. The lowest BCUT2D eigenvalue weighted by molar-refractivity contribution is -0.139. The van der Waals surface area contributed by atoms with Crippen LogP contribution in [0.25, 0.3) is 0 Å². The van der Waals surface area contributed by atoms with Crippen molar-refractivity contribution in [2.45, 2.75) is 47.1 Å². The van der Waals surface area contributed by atoms with Crippen LogP contribution in [-0.4, -0.2) is 13.1 Å². The maximum absolute atomic E-state index is 11.6. The fourth-order valence-corrected chi connectivity index (χ4v) is 2.90. The lowest BCUT2D eigenvalue weighted by Crippen LogP contribution is -2.10. The molecule has 2 aromatic carbocycles. The van der Waals surface area contributed by atoms with E-state index in [1.54, 1.807) is 0 Å². The summed E-state index contributed by atoms with van der Waals surface area (Å²) < 4.78 is 10.9. The van der Waals surface area contributed by atoms with Crippen molar-refractivity contribution in [1.29, 1.82) is 0 Å². The molecule has 0 N–H and O–H groups in total. The summed E-state index contributed by atoms with van der Waals surface area (Å²) >= 11 is 0. The van der Waals surface area contributed by atoms with E-state index in [0.29, 0.717) is 6.61 Å². The molecule has 0 spiro atoms. The van der Waals surface area contributed by atoms with Crippen molar-refractivity contribution in [2.75, 3.05) is 7.11 Å². The van der Waals surface area contributed by atoms with Crippen LogP contribution in [0.15, 0.2) is 30.3 Å². The highest BCUT2D eigenvalue weighted by Crippen LogP contribution is 2.25. The van der Waals surface area contributed by atoms with Crippen LogP contribution < -0.4 is 4.74 Å². The Morgan fingerprint density at radius 2 is 1.75 bits per heavy atom. The Hall–Kier alpha value is -2.29. The second-order valence-corrected chi connectivity index (χ2v) is 6.15. The minimum Gasteiger partial charge on any atom is -0.489 e. The van der Waals surface area contributed by atoms with Gasteiger partial charge in [0.1, 0.15) is 12.4 Å². The van der Waals surface area contributed by atoms with Crippen LogP contribution in [0.5, 0.6) is 5.75 Å². The van der Waals surface area contributed by atoms with Gasteiger partial charge in [-0.05, 0) is 66.6 Å². The van der Waals surface area contributed by atoms with Crippen LogP contribution in [0.2, 0.25) is 0 Å². The summed E-state index contributed by atoms with van der Waals surface area (Å²) in [6, 6.07) is 10.3.